The molecule has 1 atom stereocenters. The zero-order valence-electron chi connectivity index (χ0n) is 13.5. The fourth-order valence-electron chi connectivity index (χ4n) is 2.28. The normalized spacial score (nSPS) is 19.9. The van der Waals surface area contributed by atoms with Crippen LogP contribution in [0.25, 0.3) is 0 Å². The number of hydrogen-bond acceptors (Lipinski definition) is 4. The van der Waals surface area contributed by atoms with Crippen molar-refractivity contribution in [1.82, 2.24) is 20.4 Å². The SMILES string of the molecule is CN=C(NCCCOC)NCC(C)N1CCN(C)CC1. The van der Waals surface area contributed by atoms with Crippen LogP contribution in [-0.2, 0) is 4.74 Å². The molecule has 1 aliphatic rings. The van der Waals surface area contributed by atoms with Gasteiger partial charge in [-0.15, -0.1) is 0 Å². The molecular formula is C14H31N5O. The van der Waals surface area contributed by atoms with E-state index in [1.807, 2.05) is 7.05 Å². The van der Waals surface area contributed by atoms with Crippen LogP contribution in [0.15, 0.2) is 4.99 Å². The summed E-state index contributed by atoms with van der Waals surface area (Å²) in [4.78, 5) is 9.16. The Balaban J connectivity index is 2.19. The number of aliphatic imine (C=N–C) groups is 1. The Morgan fingerprint density at radius 2 is 1.95 bits per heavy atom. The van der Waals surface area contributed by atoms with Crippen LogP contribution in [-0.4, -0.2) is 88.9 Å². The Bertz CT molecular complexity index is 277. The Kier molecular flexibility index (Phi) is 8.57. The van der Waals surface area contributed by atoms with Gasteiger partial charge in [0.25, 0.3) is 0 Å². The van der Waals surface area contributed by atoms with Gasteiger partial charge in [0.2, 0.25) is 0 Å². The fraction of sp³-hybridized carbons (Fsp3) is 0.929. The van der Waals surface area contributed by atoms with E-state index in [-0.39, 0.29) is 0 Å². The number of guanidine groups is 1. The molecule has 6 heteroatoms. The summed E-state index contributed by atoms with van der Waals surface area (Å²) < 4.78 is 5.03. The first-order valence-corrected chi connectivity index (χ1v) is 7.53. The minimum Gasteiger partial charge on any atom is -0.385 e. The molecule has 20 heavy (non-hydrogen) atoms. The lowest BCUT2D eigenvalue weighted by molar-refractivity contribution is 0.120. The number of methoxy groups -OCH3 is 1. The lowest BCUT2D eigenvalue weighted by atomic mass is 10.2. The molecule has 0 radical (unpaired) electrons. The van der Waals surface area contributed by atoms with Crippen molar-refractivity contribution in [3.05, 3.63) is 0 Å². The summed E-state index contributed by atoms with van der Waals surface area (Å²) in [5.41, 5.74) is 0. The van der Waals surface area contributed by atoms with Gasteiger partial charge in [-0.1, -0.05) is 0 Å². The topological polar surface area (TPSA) is 52.1 Å². The Labute approximate surface area is 123 Å². The molecule has 0 amide bonds. The lowest BCUT2D eigenvalue weighted by Crippen LogP contribution is -2.52. The van der Waals surface area contributed by atoms with Crippen molar-refractivity contribution in [2.24, 2.45) is 4.99 Å². The van der Waals surface area contributed by atoms with Crippen molar-refractivity contribution >= 4 is 5.96 Å². The standard InChI is InChI=1S/C14H31N5O/c1-13(19-9-7-18(3)8-10-19)12-17-14(15-2)16-6-5-11-20-4/h13H,5-12H2,1-4H3,(H2,15,16,17). The average Bonchev–Trinajstić information content (AvgIpc) is 2.47. The summed E-state index contributed by atoms with van der Waals surface area (Å²) in [5, 5.41) is 6.70. The van der Waals surface area contributed by atoms with Crippen molar-refractivity contribution in [3.8, 4) is 0 Å². The molecule has 1 aliphatic heterocycles. The van der Waals surface area contributed by atoms with Gasteiger partial charge < -0.3 is 20.3 Å². The van der Waals surface area contributed by atoms with Crippen molar-refractivity contribution in [1.29, 1.82) is 0 Å². The first kappa shape index (κ1) is 17.2. The second-order valence-electron chi connectivity index (χ2n) is 5.41. The molecule has 118 valence electrons. The van der Waals surface area contributed by atoms with Crippen molar-refractivity contribution in [3.63, 3.8) is 0 Å². The van der Waals surface area contributed by atoms with Gasteiger partial charge in [-0.05, 0) is 20.4 Å². The van der Waals surface area contributed by atoms with Crippen molar-refractivity contribution in [2.75, 3.05) is 67.1 Å². The zero-order valence-corrected chi connectivity index (χ0v) is 13.5. The number of nitrogens with one attached hydrogen (secondary N) is 2. The molecule has 0 aromatic carbocycles. The van der Waals surface area contributed by atoms with Crippen LogP contribution in [0.5, 0.6) is 0 Å². The molecule has 1 unspecified atom stereocenters. The summed E-state index contributed by atoms with van der Waals surface area (Å²) in [7, 11) is 5.73. The highest BCUT2D eigenvalue weighted by Crippen LogP contribution is 2.03. The Hall–Kier alpha value is -0.850. The van der Waals surface area contributed by atoms with Gasteiger partial charge in [-0.3, -0.25) is 9.89 Å². The first-order chi connectivity index (χ1) is 9.67. The van der Waals surface area contributed by atoms with Gasteiger partial charge >= 0.3 is 0 Å². The highest BCUT2D eigenvalue weighted by molar-refractivity contribution is 5.79. The maximum absolute atomic E-state index is 5.03. The predicted molar refractivity (Wildman–Crippen MR) is 84.4 cm³/mol. The third-order valence-electron chi connectivity index (χ3n) is 3.77. The Morgan fingerprint density at radius 3 is 2.55 bits per heavy atom. The van der Waals surface area contributed by atoms with E-state index < -0.39 is 0 Å². The molecule has 1 heterocycles. The fourth-order valence-corrected chi connectivity index (χ4v) is 2.28. The van der Waals surface area contributed by atoms with E-state index in [0.717, 1.165) is 58.3 Å². The molecule has 0 spiro atoms. The summed E-state index contributed by atoms with van der Waals surface area (Å²) in [6.07, 6.45) is 0.991. The van der Waals surface area contributed by atoms with Gasteiger partial charge in [0.1, 0.15) is 0 Å². The van der Waals surface area contributed by atoms with Crippen LogP contribution in [0, 0.1) is 0 Å². The van der Waals surface area contributed by atoms with Crippen LogP contribution in [0.2, 0.25) is 0 Å². The van der Waals surface area contributed by atoms with Gasteiger partial charge in [0.15, 0.2) is 5.96 Å². The van der Waals surface area contributed by atoms with Crippen LogP contribution in [0.4, 0.5) is 0 Å². The smallest absolute Gasteiger partial charge is 0.191 e. The van der Waals surface area contributed by atoms with E-state index in [2.05, 4.69) is 39.4 Å². The maximum atomic E-state index is 5.03. The van der Waals surface area contributed by atoms with E-state index in [1.54, 1.807) is 7.11 Å². The number of rotatable bonds is 7. The van der Waals surface area contributed by atoms with Gasteiger partial charge in [0, 0.05) is 66.1 Å². The van der Waals surface area contributed by atoms with E-state index in [1.165, 1.54) is 0 Å². The number of hydrogen-bond donors (Lipinski definition) is 2. The zero-order chi connectivity index (χ0) is 14.8. The summed E-state index contributed by atoms with van der Waals surface area (Å²) in [6, 6.07) is 0.529. The summed E-state index contributed by atoms with van der Waals surface area (Å²) in [5.74, 6) is 0.877. The predicted octanol–water partition coefficient (Wildman–Crippen LogP) is -0.176. The maximum Gasteiger partial charge on any atom is 0.191 e. The van der Waals surface area contributed by atoms with E-state index >= 15 is 0 Å². The molecular weight excluding hydrogens is 254 g/mol. The van der Waals surface area contributed by atoms with Crippen molar-refractivity contribution in [2.45, 2.75) is 19.4 Å². The van der Waals surface area contributed by atoms with Crippen LogP contribution < -0.4 is 10.6 Å². The summed E-state index contributed by atoms with van der Waals surface area (Å²) >= 11 is 0. The number of likely N-dealkylation sites (N-methyl/N-ethyl adjacent to an activating group) is 1. The summed E-state index contributed by atoms with van der Waals surface area (Å²) in [6.45, 7) is 9.49. The molecule has 0 aliphatic carbocycles. The number of nitrogens with zero attached hydrogens (tertiary/aromatic N) is 3. The van der Waals surface area contributed by atoms with E-state index in [0.29, 0.717) is 6.04 Å². The quantitative estimate of drug-likeness (QED) is 0.386. The molecule has 1 rings (SSSR count). The highest BCUT2D eigenvalue weighted by Gasteiger charge is 2.18. The second-order valence-corrected chi connectivity index (χ2v) is 5.41. The minimum atomic E-state index is 0.529. The third-order valence-corrected chi connectivity index (χ3v) is 3.77. The molecule has 0 aromatic heterocycles. The monoisotopic (exact) mass is 285 g/mol. The van der Waals surface area contributed by atoms with Crippen molar-refractivity contribution < 1.29 is 4.74 Å². The largest absolute Gasteiger partial charge is 0.385 e. The minimum absolute atomic E-state index is 0.529. The molecule has 0 aromatic rings. The van der Waals surface area contributed by atoms with Crippen LogP contribution in [0.3, 0.4) is 0 Å². The third kappa shape index (κ3) is 6.54. The molecule has 1 fully saturated rings. The second kappa shape index (κ2) is 9.96. The average molecular weight is 285 g/mol. The Morgan fingerprint density at radius 1 is 1.25 bits per heavy atom. The molecule has 6 nitrogen and oxygen atoms in total. The lowest BCUT2D eigenvalue weighted by Gasteiger charge is -2.36. The van der Waals surface area contributed by atoms with Crippen LogP contribution in [0.1, 0.15) is 13.3 Å². The highest BCUT2D eigenvalue weighted by atomic mass is 16.5. The van der Waals surface area contributed by atoms with Gasteiger partial charge in [-0.2, -0.15) is 0 Å². The molecule has 1 saturated heterocycles. The molecule has 0 bridgehead atoms. The molecule has 2 N–H and O–H groups in total. The number of piperazine rings is 1. The van der Waals surface area contributed by atoms with Gasteiger partial charge in [0.05, 0.1) is 0 Å². The molecule has 0 saturated carbocycles. The first-order valence-electron chi connectivity index (χ1n) is 7.53. The van der Waals surface area contributed by atoms with Crippen LogP contribution >= 0.6 is 0 Å². The van der Waals surface area contributed by atoms with E-state index in [9.17, 15) is 0 Å². The van der Waals surface area contributed by atoms with Gasteiger partial charge in [-0.25, -0.2) is 0 Å². The number of ether oxygens (including phenoxy) is 1. The van der Waals surface area contributed by atoms with E-state index in [4.69, 9.17) is 4.74 Å².